The first-order valence-electron chi connectivity index (χ1n) is 7.82. The van der Waals surface area contributed by atoms with Crippen molar-refractivity contribution in [2.24, 2.45) is 0 Å². The van der Waals surface area contributed by atoms with Gasteiger partial charge in [-0.2, -0.15) is 10.2 Å². The van der Waals surface area contributed by atoms with Gasteiger partial charge in [0, 0.05) is 6.54 Å². The Labute approximate surface area is 141 Å². The molecule has 6 nitrogen and oxygen atoms in total. The van der Waals surface area contributed by atoms with Crippen LogP contribution >= 0.6 is 0 Å². The molecule has 0 bridgehead atoms. The Morgan fingerprint density at radius 2 is 1.96 bits per heavy atom. The summed E-state index contributed by atoms with van der Waals surface area (Å²) < 4.78 is 24.5. The molecule has 0 N–H and O–H groups in total. The average molecular weight is 345 g/mol. The Morgan fingerprint density at radius 3 is 2.67 bits per heavy atom. The fraction of sp³-hybridized carbons (Fsp3) is 0.353. The van der Waals surface area contributed by atoms with Gasteiger partial charge in [0.25, 0.3) is 5.91 Å². The van der Waals surface area contributed by atoms with Gasteiger partial charge in [0.2, 0.25) is 0 Å². The Hall–Kier alpha value is -2.28. The molecule has 2 heterocycles. The molecule has 7 heteroatoms. The van der Waals surface area contributed by atoms with Crippen LogP contribution in [0.25, 0.3) is 0 Å². The predicted molar refractivity (Wildman–Crippen MR) is 90.3 cm³/mol. The lowest BCUT2D eigenvalue weighted by Gasteiger charge is -2.30. The van der Waals surface area contributed by atoms with Gasteiger partial charge in [-0.15, -0.1) is 0 Å². The van der Waals surface area contributed by atoms with Crippen LogP contribution in [-0.4, -0.2) is 47.5 Å². The summed E-state index contributed by atoms with van der Waals surface area (Å²) in [6.45, 7) is 2.13. The van der Waals surface area contributed by atoms with E-state index in [0.29, 0.717) is 24.2 Å². The van der Waals surface area contributed by atoms with E-state index in [1.54, 1.807) is 17.9 Å². The predicted octanol–water partition coefficient (Wildman–Crippen LogP) is 1.79. The molecule has 1 saturated heterocycles. The molecule has 0 spiro atoms. The number of carbonyl (C=O) groups is 1. The molecule has 1 aromatic carbocycles. The molecule has 2 aromatic rings. The molecule has 24 heavy (non-hydrogen) atoms. The number of amides is 1. The number of sulfone groups is 1. The van der Waals surface area contributed by atoms with E-state index in [4.69, 9.17) is 0 Å². The lowest BCUT2D eigenvalue weighted by molar-refractivity contribution is 0.0696. The third kappa shape index (κ3) is 3.46. The SMILES string of the molecule is Cc1nnccc1C(=O)N1CCCS(=O)(=O)CC1c1ccccc1. The van der Waals surface area contributed by atoms with Crippen molar-refractivity contribution in [3.8, 4) is 0 Å². The van der Waals surface area contributed by atoms with E-state index in [9.17, 15) is 13.2 Å². The minimum atomic E-state index is -3.20. The van der Waals surface area contributed by atoms with Crippen molar-refractivity contribution in [3.05, 3.63) is 59.4 Å². The molecule has 126 valence electrons. The Kier molecular flexibility index (Phi) is 4.62. The zero-order valence-corrected chi connectivity index (χ0v) is 14.2. The first-order chi connectivity index (χ1) is 11.5. The molecule has 0 saturated carbocycles. The molecule has 1 aromatic heterocycles. The van der Waals surface area contributed by atoms with Gasteiger partial charge in [0.1, 0.15) is 0 Å². The first-order valence-corrected chi connectivity index (χ1v) is 9.65. The molecule has 1 amide bonds. The fourth-order valence-corrected chi connectivity index (χ4v) is 4.59. The molecule has 1 fully saturated rings. The molecule has 3 rings (SSSR count). The number of aryl methyl sites for hydroxylation is 1. The summed E-state index contributed by atoms with van der Waals surface area (Å²) in [4.78, 5) is 14.7. The summed E-state index contributed by atoms with van der Waals surface area (Å²) in [5.74, 6) is -0.151. The van der Waals surface area contributed by atoms with Crippen molar-refractivity contribution in [2.75, 3.05) is 18.1 Å². The summed E-state index contributed by atoms with van der Waals surface area (Å²) >= 11 is 0. The standard InChI is InChI=1S/C17H19N3O3S/c1-13-15(8-9-18-19-13)17(21)20-10-5-11-24(22,23)12-16(20)14-6-3-2-4-7-14/h2-4,6-9,16H,5,10-12H2,1H3. The Bertz CT molecular complexity index is 837. The lowest BCUT2D eigenvalue weighted by Crippen LogP contribution is -2.37. The monoisotopic (exact) mass is 345 g/mol. The van der Waals surface area contributed by atoms with Gasteiger partial charge in [-0.3, -0.25) is 4.79 Å². The lowest BCUT2D eigenvalue weighted by atomic mass is 10.0. The minimum Gasteiger partial charge on any atom is -0.330 e. The van der Waals surface area contributed by atoms with Crippen molar-refractivity contribution in [1.29, 1.82) is 0 Å². The number of hydrogen-bond donors (Lipinski definition) is 0. The third-order valence-corrected chi connectivity index (χ3v) is 5.96. The quantitative estimate of drug-likeness (QED) is 0.829. The van der Waals surface area contributed by atoms with Crippen molar-refractivity contribution >= 4 is 15.7 Å². The highest BCUT2D eigenvalue weighted by Gasteiger charge is 2.33. The van der Waals surface area contributed by atoms with Crippen LogP contribution in [0.3, 0.4) is 0 Å². The second-order valence-electron chi connectivity index (χ2n) is 5.92. The van der Waals surface area contributed by atoms with Crippen LogP contribution in [0.2, 0.25) is 0 Å². The van der Waals surface area contributed by atoms with E-state index in [-0.39, 0.29) is 17.4 Å². The van der Waals surface area contributed by atoms with Crippen LogP contribution in [0, 0.1) is 6.92 Å². The summed E-state index contributed by atoms with van der Waals surface area (Å²) in [5.41, 5.74) is 1.84. The van der Waals surface area contributed by atoms with E-state index >= 15 is 0 Å². The molecule has 0 aliphatic carbocycles. The van der Waals surface area contributed by atoms with Crippen LogP contribution < -0.4 is 0 Å². The van der Waals surface area contributed by atoms with Crippen LogP contribution in [0.15, 0.2) is 42.6 Å². The average Bonchev–Trinajstić information content (AvgIpc) is 2.73. The topological polar surface area (TPSA) is 80.2 Å². The van der Waals surface area contributed by atoms with Crippen LogP contribution in [0.1, 0.15) is 34.1 Å². The normalized spacial score (nSPS) is 20.4. The minimum absolute atomic E-state index is 0.0552. The van der Waals surface area contributed by atoms with Crippen molar-refractivity contribution < 1.29 is 13.2 Å². The number of carbonyl (C=O) groups excluding carboxylic acids is 1. The van der Waals surface area contributed by atoms with Crippen molar-refractivity contribution in [1.82, 2.24) is 15.1 Å². The molecule has 1 unspecified atom stereocenters. The second kappa shape index (κ2) is 6.68. The molecular weight excluding hydrogens is 326 g/mol. The third-order valence-electron chi connectivity index (χ3n) is 4.22. The maximum atomic E-state index is 13.0. The summed E-state index contributed by atoms with van der Waals surface area (Å²) in [6.07, 6.45) is 1.92. The smallest absolute Gasteiger partial charge is 0.256 e. The second-order valence-corrected chi connectivity index (χ2v) is 8.15. The van der Waals surface area contributed by atoms with E-state index < -0.39 is 15.9 Å². The summed E-state index contributed by atoms with van der Waals surface area (Å²) in [6, 6.07) is 10.5. The number of aromatic nitrogens is 2. The van der Waals surface area contributed by atoms with Crippen molar-refractivity contribution in [2.45, 2.75) is 19.4 Å². The van der Waals surface area contributed by atoms with Crippen molar-refractivity contribution in [3.63, 3.8) is 0 Å². The first kappa shape index (κ1) is 16.6. The highest BCUT2D eigenvalue weighted by molar-refractivity contribution is 7.91. The fourth-order valence-electron chi connectivity index (χ4n) is 3.00. The molecule has 1 aliphatic heterocycles. The van der Waals surface area contributed by atoms with E-state index in [1.807, 2.05) is 30.3 Å². The van der Waals surface area contributed by atoms with Crippen LogP contribution in [-0.2, 0) is 9.84 Å². The molecule has 1 aliphatic rings. The zero-order valence-electron chi connectivity index (χ0n) is 13.4. The summed E-state index contributed by atoms with van der Waals surface area (Å²) in [7, 11) is -3.20. The highest BCUT2D eigenvalue weighted by atomic mass is 32.2. The maximum absolute atomic E-state index is 13.0. The molecule has 1 atom stereocenters. The van der Waals surface area contributed by atoms with E-state index in [1.165, 1.54) is 6.20 Å². The Morgan fingerprint density at radius 1 is 1.21 bits per heavy atom. The van der Waals surface area contributed by atoms with Gasteiger partial charge < -0.3 is 4.90 Å². The van der Waals surface area contributed by atoms with Gasteiger partial charge in [-0.1, -0.05) is 30.3 Å². The van der Waals surface area contributed by atoms with Crippen LogP contribution in [0.5, 0.6) is 0 Å². The van der Waals surface area contributed by atoms with E-state index in [0.717, 1.165) is 5.56 Å². The van der Waals surface area contributed by atoms with E-state index in [2.05, 4.69) is 10.2 Å². The summed E-state index contributed by atoms with van der Waals surface area (Å²) in [5, 5.41) is 7.70. The number of hydrogen-bond acceptors (Lipinski definition) is 5. The largest absolute Gasteiger partial charge is 0.330 e. The Balaban J connectivity index is 2.02. The van der Waals surface area contributed by atoms with Gasteiger partial charge in [-0.25, -0.2) is 8.42 Å². The highest BCUT2D eigenvalue weighted by Crippen LogP contribution is 2.28. The van der Waals surface area contributed by atoms with Gasteiger partial charge >= 0.3 is 0 Å². The molecular formula is C17H19N3O3S. The van der Waals surface area contributed by atoms with Gasteiger partial charge in [-0.05, 0) is 25.0 Å². The zero-order chi connectivity index (χ0) is 17.2. The number of rotatable bonds is 2. The number of nitrogens with zero attached hydrogens (tertiary/aromatic N) is 3. The van der Waals surface area contributed by atoms with Gasteiger partial charge in [0.15, 0.2) is 9.84 Å². The number of benzene rings is 1. The van der Waals surface area contributed by atoms with Crippen LogP contribution in [0.4, 0.5) is 0 Å². The maximum Gasteiger partial charge on any atom is 0.256 e. The van der Waals surface area contributed by atoms with Gasteiger partial charge in [0.05, 0.1) is 35.0 Å². The molecule has 0 radical (unpaired) electrons.